The minimum atomic E-state index is -0.267. The molecule has 2 amide bonds. The summed E-state index contributed by atoms with van der Waals surface area (Å²) in [6.45, 7) is 3.07. The van der Waals surface area contributed by atoms with Crippen molar-refractivity contribution in [2.24, 2.45) is 0 Å². The smallest absolute Gasteiger partial charge is 0.251 e. The van der Waals surface area contributed by atoms with Crippen LogP contribution in [0.4, 0.5) is 0 Å². The fourth-order valence-electron chi connectivity index (χ4n) is 3.50. The van der Waals surface area contributed by atoms with E-state index in [2.05, 4.69) is 34.9 Å². The molecule has 1 aliphatic carbocycles. The van der Waals surface area contributed by atoms with Crippen molar-refractivity contribution in [2.45, 2.75) is 32.1 Å². The number of hydrogen-bond donors (Lipinski definition) is 2. The molecule has 0 aromatic heterocycles. The maximum atomic E-state index is 12.2. The standard InChI is InChI=1S/C22H26N2O3/c1-2-27-19-12-10-17(11-13-19)22(26)24-15-21(25)23-14-18-8-5-7-16-6-3-4-9-20(16)18/h3-4,6,9-13,18H,2,5,7-8,14-15H2,1H3,(H,23,25)(H,24,26). The average Bonchev–Trinajstić information content (AvgIpc) is 2.71. The Hall–Kier alpha value is -2.82. The highest BCUT2D eigenvalue weighted by Gasteiger charge is 2.20. The molecule has 27 heavy (non-hydrogen) atoms. The molecular weight excluding hydrogens is 340 g/mol. The minimum Gasteiger partial charge on any atom is -0.494 e. The largest absolute Gasteiger partial charge is 0.494 e. The molecular formula is C22H26N2O3. The van der Waals surface area contributed by atoms with Crippen LogP contribution < -0.4 is 15.4 Å². The van der Waals surface area contributed by atoms with Gasteiger partial charge < -0.3 is 15.4 Å². The van der Waals surface area contributed by atoms with Crippen molar-refractivity contribution < 1.29 is 14.3 Å². The van der Waals surface area contributed by atoms with E-state index in [0.717, 1.165) is 25.0 Å². The van der Waals surface area contributed by atoms with Gasteiger partial charge in [0.2, 0.25) is 5.91 Å². The van der Waals surface area contributed by atoms with Crippen LogP contribution in [0.3, 0.4) is 0 Å². The summed E-state index contributed by atoms with van der Waals surface area (Å²) in [7, 11) is 0. The van der Waals surface area contributed by atoms with Gasteiger partial charge in [-0.3, -0.25) is 9.59 Å². The summed E-state index contributed by atoms with van der Waals surface area (Å²) >= 11 is 0. The van der Waals surface area contributed by atoms with Gasteiger partial charge in [-0.25, -0.2) is 0 Å². The maximum absolute atomic E-state index is 12.2. The van der Waals surface area contributed by atoms with Crippen LogP contribution in [0, 0.1) is 0 Å². The quantitative estimate of drug-likeness (QED) is 0.791. The topological polar surface area (TPSA) is 67.4 Å². The average molecular weight is 366 g/mol. The van der Waals surface area contributed by atoms with Crippen molar-refractivity contribution in [3.63, 3.8) is 0 Å². The number of ether oxygens (including phenoxy) is 1. The lowest BCUT2D eigenvalue weighted by Gasteiger charge is -2.25. The third-order valence-electron chi connectivity index (χ3n) is 4.88. The van der Waals surface area contributed by atoms with Gasteiger partial charge >= 0.3 is 0 Å². The van der Waals surface area contributed by atoms with E-state index >= 15 is 0 Å². The van der Waals surface area contributed by atoms with Gasteiger partial charge in [-0.1, -0.05) is 24.3 Å². The summed E-state index contributed by atoms with van der Waals surface area (Å²) in [5.74, 6) is 0.633. The molecule has 2 aromatic carbocycles. The lowest BCUT2D eigenvalue weighted by Crippen LogP contribution is -2.38. The van der Waals surface area contributed by atoms with E-state index in [9.17, 15) is 9.59 Å². The van der Waals surface area contributed by atoms with E-state index in [-0.39, 0.29) is 18.4 Å². The van der Waals surface area contributed by atoms with Crippen LogP contribution in [0.25, 0.3) is 0 Å². The fourth-order valence-corrected chi connectivity index (χ4v) is 3.50. The highest BCUT2D eigenvalue weighted by Crippen LogP contribution is 2.30. The first-order chi connectivity index (χ1) is 13.2. The molecule has 3 rings (SSSR count). The zero-order chi connectivity index (χ0) is 19.1. The number of carbonyl (C=O) groups is 2. The molecule has 1 atom stereocenters. The Morgan fingerprint density at radius 1 is 1.07 bits per heavy atom. The van der Waals surface area contributed by atoms with Crippen LogP contribution in [0.5, 0.6) is 5.75 Å². The van der Waals surface area contributed by atoms with Crippen LogP contribution in [0.1, 0.15) is 47.2 Å². The van der Waals surface area contributed by atoms with E-state index in [4.69, 9.17) is 4.74 Å². The summed E-state index contributed by atoms with van der Waals surface area (Å²) in [6.07, 6.45) is 3.33. The number of carbonyl (C=O) groups excluding carboxylic acids is 2. The molecule has 0 saturated carbocycles. The Labute approximate surface area is 160 Å². The number of hydrogen-bond acceptors (Lipinski definition) is 3. The van der Waals surface area contributed by atoms with Crippen LogP contribution in [0.2, 0.25) is 0 Å². The van der Waals surface area contributed by atoms with Crippen LogP contribution >= 0.6 is 0 Å². The SMILES string of the molecule is CCOc1ccc(C(=O)NCC(=O)NCC2CCCc3ccccc32)cc1. The van der Waals surface area contributed by atoms with Crippen molar-refractivity contribution in [1.29, 1.82) is 0 Å². The third kappa shape index (κ3) is 5.09. The van der Waals surface area contributed by atoms with Crippen LogP contribution in [0.15, 0.2) is 48.5 Å². The molecule has 0 spiro atoms. The van der Waals surface area contributed by atoms with Crippen LogP contribution in [-0.4, -0.2) is 31.5 Å². The van der Waals surface area contributed by atoms with Crippen LogP contribution in [-0.2, 0) is 11.2 Å². The Kier molecular flexibility index (Phi) is 6.47. The second-order valence-corrected chi connectivity index (χ2v) is 6.73. The molecule has 0 heterocycles. The number of fused-ring (bicyclic) bond motifs is 1. The van der Waals surface area contributed by atoms with Gasteiger partial charge in [-0.15, -0.1) is 0 Å². The minimum absolute atomic E-state index is 0.0274. The normalized spacial score (nSPS) is 15.5. The van der Waals surface area contributed by atoms with Gasteiger partial charge in [0.1, 0.15) is 5.75 Å². The van der Waals surface area contributed by atoms with Crippen molar-refractivity contribution in [3.8, 4) is 5.75 Å². The lowest BCUT2D eigenvalue weighted by atomic mass is 9.83. The summed E-state index contributed by atoms with van der Waals surface area (Å²) in [4.78, 5) is 24.3. The van der Waals surface area contributed by atoms with Gasteiger partial charge in [0.15, 0.2) is 0 Å². The molecule has 0 fully saturated rings. The molecule has 5 nitrogen and oxygen atoms in total. The van der Waals surface area contributed by atoms with Gasteiger partial charge in [0.05, 0.1) is 13.2 Å². The third-order valence-corrected chi connectivity index (χ3v) is 4.88. The number of nitrogens with one attached hydrogen (secondary N) is 2. The van der Waals surface area contributed by atoms with Gasteiger partial charge in [-0.2, -0.15) is 0 Å². The predicted octanol–water partition coefficient (Wildman–Crippen LogP) is 3.05. The van der Waals surface area contributed by atoms with Crippen molar-refractivity contribution in [1.82, 2.24) is 10.6 Å². The summed E-state index contributed by atoms with van der Waals surface area (Å²) in [6, 6.07) is 15.3. The Morgan fingerprint density at radius 3 is 2.63 bits per heavy atom. The highest BCUT2D eigenvalue weighted by molar-refractivity contribution is 5.96. The van der Waals surface area contributed by atoms with Gasteiger partial charge in [-0.05, 0) is 61.6 Å². The van der Waals surface area contributed by atoms with Crippen molar-refractivity contribution in [2.75, 3.05) is 19.7 Å². The van der Waals surface area contributed by atoms with E-state index in [1.165, 1.54) is 11.1 Å². The zero-order valence-corrected chi connectivity index (χ0v) is 15.7. The first kappa shape index (κ1) is 19.0. The second kappa shape index (κ2) is 9.21. The Balaban J connectivity index is 1.45. The Bertz CT molecular complexity index is 786. The van der Waals surface area contributed by atoms with Crippen molar-refractivity contribution in [3.05, 3.63) is 65.2 Å². The molecule has 1 aliphatic rings. The molecule has 142 valence electrons. The molecule has 2 N–H and O–H groups in total. The van der Waals surface area contributed by atoms with E-state index in [0.29, 0.717) is 24.6 Å². The first-order valence-corrected chi connectivity index (χ1v) is 9.53. The van der Waals surface area contributed by atoms with E-state index < -0.39 is 0 Å². The zero-order valence-electron chi connectivity index (χ0n) is 15.7. The summed E-state index contributed by atoms with van der Waals surface area (Å²) < 4.78 is 5.36. The lowest BCUT2D eigenvalue weighted by molar-refractivity contribution is -0.120. The first-order valence-electron chi connectivity index (χ1n) is 9.53. The van der Waals surface area contributed by atoms with Gasteiger partial charge in [0.25, 0.3) is 5.91 Å². The maximum Gasteiger partial charge on any atom is 0.251 e. The molecule has 0 aliphatic heterocycles. The summed E-state index contributed by atoms with van der Waals surface area (Å²) in [5.41, 5.74) is 3.22. The highest BCUT2D eigenvalue weighted by atomic mass is 16.5. The molecule has 0 saturated heterocycles. The number of benzene rings is 2. The van der Waals surface area contributed by atoms with E-state index in [1.54, 1.807) is 24.3 Å². The second-order valence-electron chi connectivity index (χ2n) is 6.73. The van der Waals surface area contributed by atoms with Gasteiger partial charge in [0, 0.05) is 18.0 Å². The molecule has 1 unspecified atom stereocenters. The predicted molar refractivity (Wildman–Crippen MR) is 105 cm³/mol. The molecule has 0 radical (unpaired) electrons. The monoisotopic (exact) mass is 366 g/mol. The Morgan fingerprint density at radius 2 is 1.85 bits per heavy atom. The number of amides is 2. The molecule has 5 heteroatoms. The molecule has 2 aromatic rings. The van der Waals surface area contributed by atoms with Crippen molar-refractivity contribution >= 4 is 11.8 Å². The number of aryl methyl sites for hydroxylation is 1. The number of rotatable bonds is 7. The van der Waals surface area contributed by atoms with E-state index in [1.807, 2.05) is 6.92 Å². The summed E-state index contributed by atoms with van der Waals surface area (Å²) in [5, 5.41) is 5.62. The fraction of sp³-hybridized carbons (Fsp3) is 0.364. The molecule has 0 bridgehead atoms.